The van der Waals surface area contributed by atoms with Gasteiger partial charge in [-0.15, -0.1) is 0 Å². The van der Waals surface area contributed by atoms with E-state index < -0.39 is 0 Å². The number of methoxy groups -OCH3 is 1. The van der Waals surface area contributed by atoms with Crippen molar-refractivity contribution in [1.82, 2.24) is 9.97 Å². The van der Waals surface area contributed by atoms with E-state index in [9.17, 15) is 0 Å². The zero-order chi connectivity index (χ0) is 13.4. The minimum Gasteiger partial charge on any atom is -0.497 e. The second-order valence-electron chi connectivity index (χ2n) is 4.74. The van der Waals surface area contributed by atoms with Crippen molar-refractivity contribution in [3.05, 3.63) is 47.5 Å². The second-order valence-corrected chi connectivity index (χ2v) is 4.74. The highest BCUT2D eigenvalue weighted by molar-refractivity contribution is 5.81. The van der Waals surface area contributed by atoms with Gasteiger partial charge in [0.25, 0.3) is 0 Å². The summed E-state index contributed by atoms with van der Waals surface area (Å²) in [6.45, 7) is 4.21. The highest BCUT2D eigenvalue weighted by Gasteiger charge is 2.10. The number of nitrogens with zero attached hydrogens (tertiary/aromatic N) is 1. The Hall–Kier alpha value is -2.29. The summed E-state index contributed by atoms with van der Waals surface area (Å²) in [6.07, 6.45) is 0. The van der Waals surface area contributed by atoms with Gasteiger partial charge in [0.2, 0.25) is 0 Å². The number of aromatic amines is 1. The summed E-state index contributed by atoms with van der Waals surface area (Å²) in [5, 5.41) is 0. The summed E-state index contributed by atoms with van der Waals surface area (Å²) in [4.78, 5) is 8.05. The molecule has 3 rings (SSSR count). The molecule has 3 heteroatoms. The molecule has 1 N–H and O–H groups in total. The predicted molar refractivity (Wildman–Crippen MR) is 77.6 cm³/mol. The highest BCUT2D eigenvalue weighted by Crippen LogP contribution is 2.28. The summed E-state index contributed by atoms with van der Waals surface area (Å²) < 4.78 is 5.24. The molecule has 3 aromatic rings. The number of aryl methyl sites for hydroxylation is 2. The zero-order valence-corrected chi connectivity index (χ0v) is 11.3. The molecule has 0 saturated carbocycles. The Morgan fingerprint density at radius 1 is 1.05 bits per heavy atom. The SMILES string of the molecule is COc1ccc2nc(-c3c(C)cccc3C)[nH]c2c1. The molecule has 0 aliphatic rings. The van der Waals surface area contributed by atoms with Crippen molar-refractivity contribution in [3.8, 4) is 17.1 Å². The Morgan fingerprint density at radius 3 is 2.47 bits per heavy atom. The molecule has 96 valence electrons. The minimum atomic E-state index is 0.837. The van der Waals surface area contributed by atoms with Crippen molar-refractivity contribution >= 4 is 11.0 Å². The number of imidazole rings is 1. The van der Waals surface area contributed by atoms with Crippen molar-refractivity contribution in [2.45, 2.75) is 13.8 Å². The molecule has 0 bridgehead atoms. The molecule has 0 spiro atoms. The molecule has 1 heterocycles. The van der Waals surface area contributed by atoms with Crippen LogP contribution < -0.4 is 4.74 Å². The van der Waals surface area contributed by atoms with Gasteiger partial charge in [-0.1, -0.05) is 18.2 Å². The topological polar surface area (TPSA) is 37.9 Å². The van der Waals surface area contributed by atoms with Gasteiger partial charge in [0.1, 0.15) is 11.6 Å². The van der Waals surface area contributed by atoms with E-state index in [1.165, 1.54) is 16.7 Å². The number of hydrogen-bond donors (Lipinski definition) is 1. The van der Waals surface area contributed by atoms with Gasteiger partial charge in [0, 0.05) is 11.6 Å². The molecule has 19 heavy (non-hydrogen) atoms. The molecular weight excluding hydrogens is 236 g/mol. The van der Waals surface area contributed by atoms with Crippen LogP contribution in [-0.2, 0) is 0 Å². The lowest BCUT2D eigenvalue weighted by atomic mass is 10.0. The molecule has 2 aromatic carbocycles. The van der Waals surface area contributed by atoms with Crippen molar-refractivity contribution in [2.24, 2.45) is 0 Å². The first-order chi connectivity index (χ1) is 9.19. The van der Waals surface area contributed by atoms with Gasteiger partial charge >= 0.3 is 0 Å². The van der Waals surface area contributed by atoms with Gasteiger partial charge in [-0.05, 0) is 37.1 Å². The third-order valence-corrected chi connectivity index (χ3v) is 3.41. The summed E-state index contributed by atoms with van der Waals surface area (Å²) in [5.74, 6) is 1.75. The normalized spacial score (nSPS) is 10.9. The second kappa shape index (κ2) is 4.43. The van der Waals surface area contributed by atoms with E-state index in [-0.39, 0.29) is 0 Å². The van der Waals surface area contributed by atoms with Crippen LogP contribution in [0.4, 0.5) is 0 Å². The average Bonchev–Trinajstić information content (AvgIpc) is 2.80. The third-order valence-electron chi connectivity index (χ3n) is 3.41. The molecule has 0 saturated heterocycles. The molecule has 0 radical (unpaired) electrons. The lowest BCUT2D eigenvalue weighted by Gasteiger charge is -2.05. The minimum absolute atomic E-state index is 0.837. The highest BCUT2D eigenvalue weighted by atomic mass is 16.5. The van der Waals surface area contributed by atoms with Gasteiger partial charge in [-0.3, -0.25) is 0 Å². The maximum absolute atomic E-state index is 5.24. The van der Waals surface area contributed by atoms with E-state index in [0.29, 0.717) is 0 Å². The van der Waals surface area contributed by atoms with Crippen LogP contribution in [0.3, 0.4) is 0 Å². The average molecular weight is 252 g/mol. The largest absolute Gasteiger partial charge is 0.497 e. The smallest absolute Gasteiger partial charge is 0.139 e. The summed E-state index contributed by atoms with van der Waals surface area (Å²) >= 11 is 0. The van der Waals surface area contributed by atoms with Gasteiger partial charge in [0.15, 0.2) is 0 Å². The molecule has 3 nitrogen and oxygen atoms in total. The Bertz CT molecular complexity index is 723. The molecular formula is C16H16N2O. The molecule has 1 aromatic heterocycles. The Balaban J connectivity index is 2.21. The fourth-order valence-corrected chi connectivity index (χ4v) is 2.42. The van der Waals surface area contributed by atoms with Crippen molar-refractivity contribution in [3.63, 3.8) is 0 Å². The number of fused-ring (bicyclic) bond motifs is 1. The van der Waals surface area contributed by atoms with E-state index in [4.69, 9.17) is 4.74 Å². The quantitative estimate of drug-likeness (QED) is 0.752. The lowest BCUT2D eigenvalue weighted by molar-refractivity contribution is 0.415. The van der Waals surface area contributed by atoms with E-state index in [1.54, 1.807) is 7.11 Å². The van der Waals surface area contributed by atoms with Crippen LogP contribution in [0.2, 0.25) is 0 Å². The molecule has 0 aliphatic heterocycles. The van der Waals surface area contributed by atoms with Gasteiger partial charge < -0.3 is 9.72 Å². The standard InChI is InChI=1S/C16H16N2O/c1-10-5-4-6-11(2)15(10)16-17-13-8-7-12(19-3)9-14(13)18-16/h4-9H,1-3H3,(H,17,18). The van der Waals surface area contributed by atoms with Crippen molar-refractivity contribution in [2.75, 3.05) is 7.11 Å². The van der Waals surface area contributed by atoms with E-state index >= 15 is 0 Å². The molecule has 0 atom stereocenters. The monoisotopic (exact) mass is 252 g/mol. The van der Waals surface area contributed by atoms with Gasteiger partial charge in [-0.25, -0.2) is 4.98 Å². The number of ether oxygens (including phenoxy) is 1. The summed E-state index contributed by atoms with van der Waals surface area (Å²) in [5.41, 5.74) is 5.59. The number of aromatic nitrogens is 2. The first-order valence-electron chi connectivity index (χ1n) is 6.29. The first kappa shape index (κ1) is 11.8. The van der Waals surface area contributed by atoms with Crippen LogP contribution >= 0.6 is 0 Å². The van der Waals surface area contributed by atoms with Gasteiger partial charge in [-0.2, -0.15) is 0 Å². The Morgan fingerprint density at radius 2 is 1.79 bits per heavy atom. The summed E-state index contributed by atoms with van der Waals surface area (Å²) in [6, 6.07) is 12.2. The maximum atomic E-state index is 5.24. The first-order valence-corrected chi connectivity index (χ1v) is 6.29. The number of rotatable bonds is 2. The molecule has 0 aliphatic carbocycles. The van der Waals surface area contributed by atoms with E-state index in [2.05, 4.69) is 42.0 Å². The number of H-pyrrole nitrogens is 1. The van der Waals surface area contributed by atoms with Crippen LogP contribution in [0.1, 0.15) is 11.1 Å². The Kier molecular flexibility index (Phi) is 2.75. The number of nitrogens with one attached hydrogen (secondary N) is 1. The number of hydrogen-bond acceptors (Lipinski definition) is 2. The Labute approximate surface area is 112 Å². The molecule has 0 fully saturated rings. The predicted octanol–water partition coefficient (Wildman–Crippen LogP) is 3.86. The van der Waals surface area contributed by atoms with Crippen LogP contribution in [0.5, 0.6) is 5.75 Å². The van der Waals surface area contributed by atoms with Crippen LogP contribution in [0, 0.1) is 13.8 Å². The fourth-order valence-electron chi connectivity index (χ4n) is 2.42. The van der Waals surface area contributed by atoms with E-state index in [0.717, 1.165) is 22.6 Å². The zero-order valence-electron chi connectivity index (χ0n) is 11.3. The van der Waals surface area contributed by atoms with E-state index in [1.807, 2.05) is 18.2 Å². The number of benzene rings is 2. The van der Waals surface area contributed by atoms with Crippen molar-refractivity contribution < 1.29 is 4.74 Å². The van der Waals surface area contributed by atoms with Crippen molar-refractivity contribution in [1.29, 1.82) is 0 Å². The fraction of sp³-hybridized carbons (Fsp3) is 0.188. The lowest BCUT2D eigenvalue weighted by Crippen LogP contribution is -1.89. The van der Waals surface area contributed by atoms with Crippen LogP contribution in [-0.4, -0.2) is 17.1 Å². The van der Waals surface area contributed by atoms with Gasteiger partial charge in [0.05, 0.1) is 18.1 Å². The summed E-state index contributed by atoms with van der Waals surface area (Å²) in [7, 11) is 1.67. The molecule has 0 unspecified atom stereocenters. The van der Waals surface area contributed by atoms with Crippen LogP contribution in [0.15, 0.2) is 36.4 Å². The third kappa shape index (κ3) is 1.97. The van der Waals surface area contributed by atoms with Crippen LogP contribution in [0.25, 0.3) is 22.4 Å². The molecule has 0 amide bonds. The maximum Gasteiger partial charge on any atom is 0.139 e.